The molecule has 174 valence electrons. The molecule has 0 spiro atoms. The monoisotopic (exact) mass is 460 g/mol. The van der Waals surface area contributed by atoms with E-state index in [0.29, 0.717) is 44.1 Å². The van der Waals surface area contributed by atoms with Gasteiger partial charge in [0.05, 0.1) is 19.0 Å². The quantitative estimate of drug-likeness (QED) is 0.589. The number of fused-ring (bicyclic) bond motifs is 1. The van der Waals surface area contributed by atoms with Gasteiger partial charge in [-0.05, 0) is 62.4 Å². The van der Waals surface area contributed by atoms with Gasteiger partial charge in [0.25, 0.3) is 0 Å². The fourth-order valence-electron chi connectivity index (χ4n) is 3.88. The lowest BCUT2D eigenvalue weighted by Gasteiger charge is -2.34. The highest BCUT2D eigenvalue weighted by molar-refractivity contribution is 7.89. The molecule has 1 atom stereocenters. The Kier molecular flexibility index (Phi) is 8.15. The Morgan fingerprint density at radius 1 is 1.03 bits per heavy atom. The maximum absolute atomic E-state index is 13.0. The standard InChI is InChI=1S/C24H32N2O5S/c1-4-30-22-12-11-18(15-23(22)31-5-2)13-14-25-24(27)21-16-19-9-7-8-10-20(19)17-26(21)32(28,29)6-3/h7-12,15,21H,4-6,13-14,16-17H2,1-3H3,(H,25,27). The van der Waals surface area contributed by atoms with Crippen molar-refractivity contribution in [1.29, 1.82) is 0 Å². The average molecular weight is 461 g/mol. The van der Waals surface area contributed by atoms with Gasteiger partial charge in [-0.3, -0.25) is 4.79 Å². The predicted octanol–water partition coefficient (Wildman–Crippen LogP) is 2.92. The summed E-state index contributed by atoms with van der Waals surface area (Å²) >= 11 is 0. The molecule has 0 radical (unpaired) electrons. The number of nitrogens with one attached hydrogen (secondary N) is 1. The van der Waals surface area contributed by atoms with E-state index < -0.39 is 16.1 Å². The Balaban J connectivity index is 1.68. The van der Waals surface area contributed by atoms with Gasteiger partial charge in [0.2, 0.25) is 15.9 Å². The molecule has 0 saturated heterocycles. The minimum Gasteiger partial charge on any atom is -0.490 e. The Hall–Kier alpha value is -2.58. The summed E-state index contributed by atoms with van der Waals surface area (Å²) in [6.45, 7) is 7.15. The highest BCUT2D eigenvalue weighted by Gasteiger charge is 2.37. The molecule has 0 aromatic heterocycles. The minimum absolute atomic E-state index is 0.0364. The molecule has 0 saturated carbocycles. The zero-order valence-corrected chi connectivity index (χ0v) is 19.8. The maximum atomic E-state index is 13.0. The highest BCUT2D eigenvalue weighted by Crippen LogP contribution is 2.29. The molecule has 1 heterocycles. The molecule has 2 aromatic rings. The van der Waals surface area contributed by atoms with Crippen LogP contribution in [-0.2, 0) is 34.2 Å². The van der Waals surface area contributed by atoms with Crippen LogP contribution in [0.2, 0.25) is 0 Å². The van der Waals surface area contributed by atoms with Crippen molar-refractivity contribution in [2.24, 2.45) is 0 Å². The molecular weight excluding hydrogens is 428 g/mol. The number of sulfonamides is 1. The van der Waals surface area contributed by atoms with Gasteiger partial charge in [0.1, 0.15) is 6.04 Å². The molecule has 0 bridgehead atoms. The molecule has 1 aliphatic heterocycles. The summed E-state index contributed by atoms with van der Waals surface area (Å²) in [5, 5.41) is 2.93. The van der Waals surface area contributed by atoms with Crippen LogP contribution in [0.3, 0.4) is 0 Å². The summed E-state index contributed by atoms with van der Waals surface area (Å²) in [6.07, 6.45) is 0.973. The van der Waals surface area contributed by atoms with E-state index in [1.165, 1.54) is 4.31 Å². The van der Waals surface area contributed by atoms with E-state index in [9.17, 15) is 13.2 Å². The van der Waals surface area contributed by atoms with Gasteiger partial charge in [-0.15, -0.1) is 0 Å². The van der Waals surface area contributed by atoms with Crippen molar-refractivity contribution in [1.82, 2.24) is 9.62 Å². The molecule has 3 rings (SSSR count). The van der Waals surface area contributed by atoms with Crippen LogP contribution in [0.25, 0.3) is 0 Å². The number of amides is 1. The molecule has 32 heavy (non-hydrogen) atoms. The second-order valence-electron chi connectivity index (χ2n) is 7.62. The Morgan fingerprint density at radius 3 is 2.41 bits per heavy atom. The van der Waals surface area contributed by atoms with Crippen molar-refractivity contribution < 1.29 is 22.7 Å². The van der Waals surface area contributed by atoms with Crippen molar-refractivity contribution in [3.8, 4) is 11.5 Å². The number of hydrogen-bond donors (Lipinski definition) is 1. The molecule has 1 unspecified atom stereocenters. The van der Waals surface area contributed by atoms with E-state index in [4.69, 9.17) is 9.47 Å². The summed E-state index contributed by atoms with van der Waals surface area (Å²) in [5.41, 5.74) is 2.97. The molecule has 1 N–H and O–H groups in total. The largest absolute Gasteiger partial charge is 0.490 e. The Bertz CT molecular complexity index is 1040. The summed E-state index contributed by atoms with van der Waals surface area (Å²) in [5.74, 6) is 1.07. The third-order valence-electron chi connectivity index (χ3n) is 5.55. The minimum atomic E-state index is -3.52. The first-order valence-corrected chi connectivity index (χ1v) is 12.7. The zero-order valence-electron chi connectivity index (χ0n) is 19.0. The van der Waals surface area contributed by atoms with Gasteiger partial charge in [0.15, 0.2) is 11.5 Å². The van der Waals surface area contributed by atoms with Crippen LogP contribution >= 0.6 is 0 Å². The summed E-state index contributed by atoms with van der Waals surface area (Å²) < 4.78 is 38.0. The lowest BCUT2D eigenvalue weighted by molar-refractivity contribution is -0.125. The van der Waals surface area contributed by atoms with Crippen LogP contribution < -0.4 is 14.8 Å². The van der Waals surface area contributed by atoms with Crippen molar-refractivity contribution in [3.63, 3.8) is 0 Å². The number of carbonyl (C=O) groups is 1. The van der Waals surface area contributed by atoms with Gasteiger partial charge in [0, 0.05) is 13.1 Å². The first-order chi connectivity index (χ1) is 15.4. The van der Waals surface area contributed by atoms with Gasteiger partial charge < -0.3 is 14.8 Å². The molecule has 8 heteroatoms. The highest BCUT2D eigenvalue weighted by atomic mass is 32.2. The third kappa shape index (κ3) is 5.61. The first-order valence-electron chi connectivity index (χ1n) is 11.1. The third-order valence-corrected chi connectivity index (χ3v) is 7.38. The number of nitrogens with zero attached hydrogens (tertiary/aromatic N) is 1. The summed E-state index contributed by atoms with van der Waals surface area (Å²) in [6, 6.07) is 12.7. The van der Waals surface area contributed by atoms with Gasteiger partial charge >= 0.3 is 0 Å². The maximum Gasteiger partial charge on any atom is 0.238 e. The average Bonchev–Trinajstić information content (AvgIpc) is 2.80. The first kappa shape index (κ1) is 24.1. The van der Waals surface area contributed by atoms with Crippen LogP contribution in [0.15, 0.2) is 42.5 Å². The zero-order chi connectivity index (χ0) is 23.1. The Labute approximate surface area is 190 Å². The lowest BCUT2D eigenvalue weighted by Crippen LogP contribution is -2.53. The van der Waals surface area contributed by atoms with E-state index in [2.05, 4.69) is 5.32 Å². The van der Waals surface area contributed by atoms with E-state index >= 15 is 0 Å². The van der Waals surface area contributed by atoms with Gasteiger partial charge in [-0.25, -0.2) is 8.42 Å². The van der Waals surface area contributed by atoms with Gasteiger partial charge in [-0.1, -0.05) is 30.3 Å². The van der Waals surface area contributed by atoms with Gasteiger partial charge in [-0.2, -0.15) is 4.31 Å². The van der Waals surface area contributed by atoms with E-state index in [1.807, 2.05) is 56.3 Å². The van der Waals surface area contributed by atoms with Crippen LogP contribution in [0.4, 0.5) is 0 Å². The van der Waals surface area contributed by atoms with Crippen LogP contribution in [0, 0.1) is 0 Å². The van der Waals surface area contributed by atoms with E-state index in [1.54, 1.807) is 6.92 Å². The van der Waals surface area contributed by atoms with E-state index in [0.717, 1.165) is 16.7 Å². The fourth-order valence-corrected chi connectivity index (χ4v) is 5.10. The summed E-state index contributed by atoms with van der Waals surface area (Å²) in [4.78, 5) is 13.0. The second-order valence-corrected chi connectivity index (χ2v) is 9.83. The van der Waals surface area contributed by atoms with Crippen LogP contribution in [0.1, 0.15) is 37.5 Å². The summed E-state index contributed by atoms with van der Waals surface area (Å²) in [7, 11) is -3.52. The molecule has 1 aliphatic rings. The molecule has 7 nitrogen and oxygen atoms in total. The Morgan fingerprint density at radius 2 is 1.72 bits per heavy atom. The fraction of sp³-hybridized carbons (Fsp3) is 0.458. The smallest absolute Gasteiger partial charge is 0.238 e. The SMILES string of the molecule is CCOc1ccc(CCNC(=O)C2Cc3ccccc3CN2S(=O)(=O)CC)cc1OCC. The van der Waals surface area contributed by atoms with Crippen molar-refractivity contribution in [2.75, 3.05) is 25.5 Å². The molecule has 2 aromatic carbocycles. The van der Waals surface area contributed by atoms with Crippen LogP contribution in [0.5, 0.6) is 11.5 Å². The molecular formula is C24H32N2O5S. The normalized spacial score (nSPS) is 16.3. The second kappa shape index (κ2) is 10.8. The number of ether oxygens (including phenoxy) is 2. The lowest BCUT2D eigenvalue weighted by atomic mass is 9.95. The van der Waals surface area contributed by atoms with Crippen molar-refractivity contribution in [2.45, 2.75) is 46.2 Å². The topological polar surface area (TPSA) is 84.9 Å². The number of carbonyl (C=O) groups excluding carboxylic acids is 1. The van der Waals surface area contributed by atoms with Crippen molar-refractivity contribution in [3.05, 3.63) is 59.2 Å². The van der Waals surface area contributed by atoms with Crippen molar-refractivity contribution >= 4 is 15.9 Å². The number of benzene rings is 2. The van der Waals surface area contributed by atoms with E-state index in [-0.39, 0.29) is 18.2 Å². The molecule has 1 amide bonds. The molecule has 0 fully saturated rings. The predicted molar refractivity (Wildman–Crippen MR) is 124 cm³/mol. The number of hydrogen-bond acceptors (Lipinski definition) is 5. The number of rotatable bonds is 10. The van der Waals surface area contributed by atoms with Crippen LogP contribution in [-0.4, -0.2) is 50.2 Å². The molecule has 0 aliphatic carbocycles.